The molecule has 0 atom stereocenters. The Hall–Kier alpha value is -1.75. The first-order valence-electron chi connectivity index (χ1n) is 4.34. The predicted molar refractivity (Wildman–Crippen MR) is 51.8 cm³/mol. The lowest BCUT2D eigenvalue weighted by atomic mass is 10.3. The summed E-state index contributed by atoms with van der Waals surface area (Å²) in [6.07, 6.45) is 3.50. The molecule has 0 radical (unpaired) electrons. The number of nitrogens with two attached hydrogens (primary N) is 1. The second-order valence-corrected chi connectivity index (χ2v) is 3.03. The summed E-state index contributed by atoms with van der Waals surface area (Å²) in [5, 5.41) is 12.0. The molecule has 0 spiro atoms. The minimum atomic E-state index is 0.461. The number of aryl methyl sites for hydroxylation is 1. The largest absolute Gasteiger partial charge is 0.326 e. The molecule has 5 heteroatoms. The van der Waals surface area contributed by atoms with E-state index in [0.717, 1.165) is 11.3 Å². The monoisotopic (exact) mass is 189 g/mol. The van der Waals surface area contributed by atoms with Crippen molar-refractivity contribution in [3.63, 3.8) is 0 Å². The van der Waals surface area contributed by atoms with Gasteiger partial charge in [-0.2, -0.15) is 10.2 Å². The van der Waals surface area contributed by atoms with Gasteiger partial charge < -0.3 is 5.73 Å². The van der Waals surface area contributed by atoms with Gasteiger partial charge in [0.25, 0.3) is 0 Å². The van der Waals surface area contributed by atoms with E-state index in [9.17, 15) is 0 Å². The summed E-state index contributed by atoms with van der Waals surface area (Å²) in [4.78, 5) is 0. The van der Waals surface area contributed by atoms with Gasteiger partial charge >= 0.3 is 0 Å². The molecule has 2 N–H and O–H groups in total. The summed E-state index contributed by atoms with van der Waals surface area (Å²) in [7, 11) is 0. The highest BCUT2D eigenvalue weighted by Crippen LogP contribution is 2.04. The highest BCUT2D eigenvalue weighted by molar-refractivity contribution is 5.24. The zero-order chi connectivity index (χ0) is 9.97. The maximum Gasteiger partial charge on any atom is 0.175 e. The van der Waals surface area contributed by atoms with Crippen LogP contribution in [0.15, 0.2) is 24.5 Å². The van der Waals surface area contributed by atoms with Crippen molar-refractivity contribution in [1.29, 1.82) is 0 Å². The van der Waals surface area contributed by atoms with E-state index in [1.807, 2.05) is 25.3 Å². The van der Waals surface area contributed by atoms with Gasteiger partial charge in [0.2, 0.25) is 0 Å². The molecule has 14 heavy (non-hydrogen) atoms. The molecule has 0 bridgehead atoms. The summed E-state index contributed by atoms with van der Waals surface area (Å²) < 4.78 is 1.68. The number of rotatable bonds is 2. The quantitative estimate of drug-likeness (QED) is 0.743. The third-order valence-corrected chi connectivity index (χ3v) is 1.89. The first-order chi connectivity index (χ1) is 6.79. The van der Waals surface area contributed by atoms with Crippen LogP contribution in [-0.4, -0.2) is 20.0 Å². The summed E-state index contributed by atoms with van der Waals surface area (Å²) in [5.41, 5.74) is 7.40. The van der Waals surface area contributed by atoms with E-state index in [1.54, 1.807) is 10.9 Å². The Balaban J connectivity index is 2.41. The van der Waals surface area contributed by atoms with Crippen LogP contribution in [0.2, 0.25) is 0 Å². The Morgan fingerprint density at radius 1 is 1.50 bits per heavy atom. The molecule has 0 aliphatic carbocycles. The van der Waals surface area contributed by atoms with E-state index in [1.165, 1.54) is 0 Å². The van der Waals surface area contributed by atoms with Crippen LogP contribution in [0.4, 0.5) is 0 Å². The zero-order valence-electron chi connectivity index (χ0n) is 7.88. The number of nitrogens with zero attached hydrogens (tertiary/aromatic N) is 4. The average molecular weight is 189 g/mol. The third kappa shape index (κ3) is 1.62. The molecular weight excluding hydrogens is 178 g/mol. The molecule has 2 aromatic rings. The normalized spacial score (nSPS) is 10.4. The molecule has 0 aromatic carbocycles. The fourth-order valence-electron chi connectivity index (χ4n) is 1.16. The Morgan fingerprint density at radius 2 is 2.36 bits per heavy atom. The van der Waals surface area contributed by atoms with Crippen molar-refractivity contribution < 1.29 is 0 Å². The second-order valence-electron chi connectivity index (χ2n) is 3.03. The number of hydrogen-bond donors (Lipinski definition) is 1. The fourth-order valence-corrected chi connectivity index (χ4v) is 1.16. The van der Waals surface area contributed by atoms with Crippen molar-refractivity contribution in [1.82, 2.24) is 20.0 Å². The fraction of sp³-hybridized carbons (Fsp3) is 0.222. The highest BCUT2D eigenvalue weighted by atomic mass is 15.3. The Labute approximate surface area is 81.6 Å². The Kier molecular flexibility index (Phi) is 2.24. The topological polar surface area (TPSA) is 69.6 Å². The Morgan fingerprint density at radius 3 is 3.00 bits per heavy atom. The molecule has 0 amide bonds. The second kappa shape index (κ2) is 3.55. The molecule has 0 saturated heterocycles. The zero-order valence-corrected chi connectivity index (χ0v) is 7.88. The van der Waals surface area contributed by atoms with Crippen LogP contribution in [0.25, 0.3) is 5.82 Å². The van der Waals surface area contributed by atoms with Gasteiger partial charge in [-0.3, -0.25) is 0 Å². The summed E-state index contributed by atoms with van der Waals surface area (Å²) >= 11 is 0. The average Bonchev–Trinajstić information content (AvgIpc) is 2.65. The molecule has 2 aromatic heterocycles. The smallest absolute Gasteiger partial charge is 0.175 e. The molecule has 2 rings (SSSR count). The van der Waals surface area contributed by atoms with E-state index >= 15 is 0 Å². The number of aromatic nitrogens is 4. The number of hydrogen-bond acceptors (Lipinski definition) is 4. The molecule has 0 fully saturated rings. The van der Waals surface area contributed by atoms with Gasteiger partial charge in [-0.05, 0) is 24.6 Å². The van der Waals surface area contributed by atoms with Gasteiger partial charge in [-0.15, -0.1) is 5.10 Å². The maximum absolute atomic E-state index is 5.50. The van der Waals surface area contributed by atoms with Crippen molar-refractivity contribution in [2.75, 3.05) is 0 Å². The lowest BCUT2D eigenvalue weighted by Crippen LogP contribution is -2.04. The third-order valence-electron chi connectivity index (χ3n) is 1.89. The van der Waals surface area contributed by atoms with E-state index in [-0.39, 0.29) is 0 Å². The minimum absolute atomic E-state index is 0.461. The van der Waals surface area contributed by atoms with Gasteiger partial charge in [-0.1, -0.05) is 0 Å². The molecule has 0 unspecified atom stereocenters. The predicted octanol–water partition coefficient (Wildman–Crippen LogP) is 0.429. The van der Waals surface area contributed by atoms with E-state index in [4.69, 9.17) is 5.73 Å². The first kappa shape index (κ1) is 8.83. The molecular formula is C9H11N5. The van der Waals surface area contributed by atoms with Crippen LogP contribution in [-0.2, 0) is 6.54 Å². The maximum atomic E-state index is 5.50. The van der Waals surface area contributed by atoms with Crippen molar-refractivity contribution in [3.8, 4) is 5.82 Å². The summed E-state index contributed by atoms with van der Waals surface area (Å²) in [6.45, 7) is 2.39. The van der Waals surface area contributed by atoms with Gasteiger partial charge in [0.05, 0.1) is 11.9 Å². The molecule has 72 valence electrons. The lowest BCUT2D eigenvalue weighted by Gasteiger charge is -2.00. The van der Waals surface area contributed by atoms with Crippen LogP contribution >= 0.6 is 0 Å². The van der Waals surface area contributed by atoms with E-state index in [2.05, 4.69) is 15.3 Å². The van der Waals surface area contributed by atoms with Crippen LogP contribution in [0.5, 0.6) is 0 Å². The molecule has 0 aliphatic rings. The van der Waals surface area contributed by atoms with Crippen LogP contribution in [0.1, 0.15) is 11.3 Å². The first-order valence-corrected chi connectivity index (χ1v) is 4.34. The molecule has 2 heterocycles. The van der Waals surface area contributed by atoms with Crippen molar-refractivity contribution >= 4 is 0 Å². The van der Waals surface area contributed by atoms with Gasteiger partial charge in [-0.25, -0.2) is 4.68 Å². The van der Waals surface area contributed by atoms with E-state index < -0.39 is 0 Å². The molecule has 0 saturated carbocycles. The van der Waals surface area contributed by atoms with Crippen molar-refractivity contribution in [3.05, 3.63) is 35.8 Å². The van der Waals surface area contributed by atoms with Crippen LogP contribution in [0.3, 0.4) is 0 Å². The van der Waals surface area contributed by atoms with Gasteiger partial charge in [0.15, 0.2) is 5.82 Å². The SMILES string of the molecule is Cc1ccn(-c2cc(CN)cnn2)n1. The highest BCUT2D eigenvalue weighted by Gasteiger charge is 2.00. The van der Waals surface area contributed by atoms with Crippen LogP contribution < -0.4 is 5.73 Å². The van der Waals surface area contributed by atoms with E-state index in [0.29, 0.717) is 12.4 Å². The summed E-state index contributed by atoms with van der Waals surface area (Å²) in [5.74, 6) is 0.695. The van der Waals surface area contributed by atoms with Crippen LogP contribution in [0, 0.1) is 6.92 Å². The molecule has 0 aliphatic heterocycles. The lowest BCUT2D eigenvalue weighted by molar-refractivity contribution is 0.795. The summed E-state index contributed by atoms with van der Waals surface area (Å²) in [6, 6.07) is 3.79. The standard InChI is InChI=1S/C9H11N5/c1-7-2-3-14(13-7)9-4-8(5-10)6-11-12-9/h2-4,6H,5,10H2,1H3. The van der Waals surface area contributed by atoms with Crippen molar-refractivity contribution in [2.45, 2.75) is 13.5 Å². The minimum Gasteiger partial charge on any atom is -0.326 e. The van der Waals surface area contributed by atoms with Gasteiger partial charge in [0.1, 0.15) is 0 Å². The van der Waals surface area contributed by atoms with Crippen molar-refractivity contribution in [2.24, 2.45) is 5.73 Å². The Bertz CT molecular complexity index is 434. The van der Waals surface area contributed by atoms with Gasteiger partial charge in [0, 0.05) is 12.7 Å². The molecule has 5 nitrogen and oxygen atoms in total.